The maximum atomic E-state index is 9.42. The van der Waals surface area contributed by atoms with Crippen LogP contribution in [-0.4, -0.2) is 35.3 Å². The first-order valence-electron chi connectivity index (χ1n) is 8.54. The predicted octanol–water partition coefficient (Wildman–Crippen LogP) is 3.66. The van der Waals surface area contributed by atoms with Crippen LogP contribution in [0.1, 0.15) is 49.4 Å². The normalized spacial score (nSPS) is 22.1. The zero-order valence-corrected chi connectivity index (χ0v) is 14.3. The summed E-state index contributed by atoms with van der Waals surface area (Å²) in [7, 11) is 0. The molecule has 1 aliphatic heterocycles. The largest absolute Gasteiger partial charge is 0.303 e. The van der Waals surface area contributed by atoms with Gasteiger partial charge < -0.3 is 4.90 Å². The van der Waals surface area contributed by atoms with Gasteiger partial charge in [0.1, 0.15) is 11.1 Å². The van der Waals surface area contributed by atoms with Gasteiger partial charge in [-0.2, -0.15) is 5.26 Å². The van der Waals surface area contributed by atoms with Crippen LogP contribution < -0.4 is 0 Å². The molecule has 1 aromatic rings. The molecule has 3 nitrogen and oxygen atoms in total. The average molecular weight is 315 g/mol. The van der Waals surface area contributed by atoms with Gasteiger partial charge in [0.15, 0.2) is 0 Å². The van der Waals surface area contributed by atoms with E-state index in [2.05, 4.69) is 24.0 Å². The molecule has 4 heteroatoms. The molecule has 2 aliphatic rings. The van der Waals surface area contributed by atoms with E-state index >= 15 is 0 Å². The van der Waals surface area contributed by atoms with Gasteiger partial charge in [0.05, 0.1) is 5.56 Å². The van der Waals surface area contributed by atoms with Gasteiger partial charge in [-0.05, 0) is 62.7 Å². The lowest BCUT2D eigenvalue weighted by molar-refractivity contribution is 0.242. The van der Waals surface area contributed by atoms with Gasteiger partial charge in [-0.15, -0.1) is 11.8 Å². The molecule has 1 saturated heterocycles. The zero-order chi connectivity index (χ0) is 15.4. The summed E-state index contributed by atoms with van der Waals surface area (Å²) >= 11 is 1.76. The van der Waals surface area contributed by atoms with E-state index in [4.69, 9.17) is 4.98 Å². The summed E-state index contributed by atoms with van der Waals surface area (Å²) < 4.78 is 0. The van der Waals surface area contributed by atoms with E-state index in [0.29, 0.717) is 0 Å². The van der Waals surface area contributed by atoms with Gasteiger partial charge in [-0.1, -0.05) is 13.3 Å². The maximum Gasteiger partial charge on any atom is 0.114 e. The van der Waals surface area contributed by atoms with Crippen molar-refractivity contribution >= 4 is 11.8 Å². The molecule has 0 radical (unpaired) electrons. The first-order valence-corrected chi connectivity index (χ1v) is 9.53. The number of piperidine rings is 1. The number of thioether (sulfide) groups is 1. The Morgan fingerprint density at radius 3 is 2.95 bits per heavy atom. The average Bonchev–Trinajstić information content (AvgIpc) is 2.55. The highest BCUT2D eigenvalue weighted by Gasteiger charge is 2.19. The molecule has 1 fully saturated rings. The minimum Gasteiger partial charge on any atom is -0.303 e. The molecule has 3 rings (SSSR count). The monoisotopic (exact) mass is 315 g/mol. The van der Waals surface area contributed by atoms with Crippen LogP contribution in [0.4, 0.5) is 0 Å². The molecule has 0 bridgehead atoms. The number of aromatic nitrogens is 1. The lowest BCUT2D eigenvalue weighted by atomic mass is 9.87. The fourth-order valence-corrected chi connectivity index (χ4v) is 4.45. The Balaban J connectivity index is 1.64. The number of rotatable bonds is 4. The Labute approximate surface area is 138 Å². The molecule has 1 unspecified atom stereocenters. The second-order valence-electron chi connectivity index (χ2n) is 6.66. The fourth-order valence-electron chi connectivity index (χ4n) is 3.47. The quantitative estimate of drug-likeness (QED) is 0.795. The number of fused-ring (bicyclic) bond motifs is 1. The molecule has 0 N–H and O–H groups in total. The topological polar surface area (TPSA) is 39.9 Å². The van der Waals surface area contributed by atoms with Crippen molar-refractivity contribution in [3.8, 4) is 6.07 Å². The Bertz CT molecular complexity index is 558. The molecular weight excluding hydrogens is 290 g/mol. The van der Waals surface area contributed by atoms with Crippen LogP contribution in [0.2, 0.25) is 0 Å². The van der Waals surface area contributed by atoms with Crippen LogP contribution >= 0.6 is 11.8 Å². The summed E-state index contributed by atoms with van der Waals surface area (Å²) in [4.78, 5) is 7.37. The van der Waals surface area contributed by atoms with Crippen molar-refractivity contribution in [1.29, 1.82) is 5.26 Å². The summed E-state index contributed by atoms with van der Waals surface area (Å²) in [6, 6.07) is 4.45. The van der Waals surface area contributed by atoms with E-state index in [1.54, 1.807) is 11.8 Å². The molecule has 1 atom stereocenters. The molecular formula is C18H25N3S. The highest BCUT2D eigenvalue weighted by atomic mass is 32.2. The Morgan fingerprint density at radius 2 is 2.18 bits per heavy atom. The van der Waals surface area contributed by atoms with Crippen molar-refractivity contribution in [3.63, 3.8) is 0 Å². The molecule has 22 heavy (non-hydrogen) atoms. The fraction of sp³-hybridized carbons (Fsp3) is 0.667. The second-order valence-corrected chi connectivity index (χ2v) is 7.74. The van der Waals surface area contributed by atoms with Crippen molar-refractivity contribution in [2.24, 2.45) is 5.92 Å². The van der Waals surface area contributed by atoms with Crippen molar-refractivity contribution in [2.45, 2.75) is 50.5 Å². The highest BCUT2D eigenvalue weighted by Crippen LogP contribution is 2.29. The smallest absolute Gasteiger partial charge is 0.114 e. The van der Waals surface area contributed by atoms with E-state index in [9.17, 15) is 5.26 Å². The summed E-state index contributed by atoms with van der Waals surface area (Å²) in [6.07, 6.45) is 7.43. The van der Waals surface area contributed by atoms with Crippen molar-refractivity contribution < 1.29 is 0 Å². The number of aryl methyl sites for hydroxylation is 1. The van der Waals surface area contributed by atoms with Crippen LogP contribution in [0.15, 0.2) is 11.1 Å². The molecule has 2 heterocycles. The minimum atomic E-state index is 0.721. The summed E-state index contributed by atoms with van der Waals surface area (Å²) in [6.45, 7) is 5.88. The van der Waals surface area contributed by atoms with Crippen LogP contribution in [0.25, 0.3) is 0 Å². The van der Waals surface area contributed by atoms with E-state index in [1.807, 2.05) is 0 Å². The van der Waals surface area contributed by atoms with Gasteiger partial charge >= 0.3 is 0 Å². The van der Waals surface area contributed by atoms with Gasteiger partial charge in [-0.25, -0.2) is 4.98 Å². The Hall–Kier alpha value is -1.05. The van der Waals surface area contributed by atoms with E-state index in [0.717, 1.165) is 41.6 Å². The Kier molecular flexibility index (Phi) is 5.38. The van der Waals surface area contributed by atoms with Gasteiger partial charge in [0.25, 0.3) is 0 Å². The summed E-state index contributed by atoms with van der Waals surface area (Å²) in [5.74, 6) is 1.76. The maximum absolute atomic E-state index is 9.42. The zero-order valence-electron chi connectivity index (χ0n) is 13.5. The SMILES string of the molecule is CC1CCc2nc(SCCN3CCCCC3)c(C#N)cc2C1. The van der Waals surface area contributed by atoms with E-state index in [1.165, 1.54) is 50.0 Å². The summed E-state index contributed by atoms with van der Waals surface area (Å²) in [5, 5.41) is 10.4. The lowest BCUT2D eigenvalue weighted by Crippen LogP contribution is -2.31. The van der Waals surface area contributed by atoms with Crippen LogP contribution in [0.3, 0.4) is 0 Å². The molecule has 1 aromatic heterocycles. The van der Waals surface area contributed by atoms with Crippen molar-refractivity contribution in [2.75, 3.05) is 25.4 Å². The van der Waals surface area contributed by atoms with E-state index < -0.39 is 0 Å². The summed E-state index contributed by atoms with van der Waals surface area (Å²) in [5.41, 5.74) is 3.31. The third-order valence-corrected chi connectivity index (χ3v) is 5.79. The second kappa shape index (κ2) is 7.48. The third kappa shape index (κ3) is 3.83. The number of nitriles is 1. The van der Waals surface area contributed by atoms with Crippen molar-refractivity contribution in [3.05, 3.63) is 22.9 Å². The van der Waals surface area contributed by atoms with Crippen LogP contribution in [-0.2, 0) is 12.8 Å². The van der Waals surface area contributed by atoms with Crippen LogP contribution in [0.5, 0.6) is 0 Å². The molecule has 0 spiro atoms. The molecule has 1 aliphatic carbocycles. The van der Waals surface area contributed by atoms with Gasteiger partial charge in [0, 0.05) is 18.0 Å². The van der Waals surface area contributed by atoms with Gasteiger partial charge in [0.2, 0.25) is 0 Å². The minimum absolute atomic E-state index is 0.721. The molecule has 0 amide bonds. The van der Waals surface area contributed by atoms with Gasteiger partial charge in [-0.3, -0.25) is 0 Å². The number of pyridine rings is 1. The standard InChI is InChI=1S/C18H25N3S/c1-14-5-6-17-15(11-14)12-16(13-19)18(20-17)22-10-9-21-7-3-2-4-8-21/h12,14H,2-11H2,1H3. The highest BCUT2D eigenvalue weighted by molar-refractivity contribution is 7.99. The molecule has 0 aromatic carbocycles. The van der Waals surface area contributed by atoms with Crippen LogP contribution in [0, 0.1) is 17.2 Å². The molecule has 0 saturated carbocycles. The predicted molar refractivity (Wildman–Crippen MR) is 91.2 cm³/mol. The number of likely N-dealkylation sites (tertiary alicyclic amines) is 1. The lowest BCUT2D eigenvalue weighted by Gasteiger charge is -2.26. The Morgan fingerprint density at radius 1 is 1.36 bits per heavy atom. The third-order valence-electron chi connectivity index (χ3n) is 4.81. The number of nitrogens with zero attached hydrogens (tertiary/aromatic N) is 3. The number of hydrogen-bond donors (Lipinski definition) is 0. The first-order chi connectivity index (χ1) is 10.8. The number of hydrogen-bond acceptors (Lipinski definition) is 4. The molecule has 118 valence electrons. The van der Waals surface area contributed by atoms with E-state index in [-0.39, 0.29) is 0 Å². The first kappa shape index (κ1) is 15.8. The van der Waals surface area contributed by atoms with Crippen molar-refractivity contribution in [1.82, 2.24) is 9.88 Å².